The van der Waals surface area contributed by atoms with Crippen LogP contribution in [0.4, 0.5) is 4.39 Å². The van der Waals surface area contributed by atoms with Crippen molar-refractivity contribution in [1.82, 2.24) is 19.7 Å². The Morgan fingerprint density at radius 3 is 3.00 bits per heavy atom. The third-order valence-electron chi connectivity index (χ3n) is 5.35. The number of fused-ring (bicyclic) bond motifs is 2. The summed E-state index contributed by atoms with van der Waals surface area (Å²) in [5, 5.41) is 14.7. The van der Waals surface area contributed by atoms with Crippen LogP contribution in [0.15, 0.2) is 36.4 Å². The van der Waals surface area contributed by atoms with Gasteiger partial charge >= 0.3 is 0 Å². The number of nitriles is 1. The summed E-state index contributed by atoms with van der Waals surface area (Å²) in [4.78, 5) is 7.95. The number of aromatic nitrogens is 4. The molecule has 0 spiro atoms. The van der Waals surface area contributed by atoms with Gasteiger partial charge in [-0.15, -0.1) is 5.10 Å². The monoisotopic (exact) mass is 403 g/mol. The van der Waals surface area contributed by atoms with E-state index >= 15 is 0 Å². The first-order valence-electron chi connectivity index (χ1n) is 9.52. The first kappa shape index (κ1) is 18.3. The summed E-state index contributed by atoms with van der Waals surface area (Å²) < 4.78 is 27.8. The Bertz CT molecular complexity index is 1320. The second kappa shape index (κ2) is 6.97. The number of ether oxygens (including phenoxy) is 2. The third kappa shape index (κ3) is 2.75. The molecule has 30 heavy (non-hydrogen) atoms. The molecule has 4 aromatic rings. The Morgan fingerprint density at radius 1 is 1.33 bits per heavy atom. The Balaban J connectivity index is 1.61. The SMILES string of the molecule is COc1c(C#N)ccc2[nH]c(-c3nc4n(n3)CCOC4c3cccc(C)c3F)cc12. The average Bonchev–Trinajstić information content (AvgIpc) is 3.38. The topological polar surface area (TPSA) is 88.8 Å². The highest BCUT2D eigenvalue weighted by atomic mass is 19.1. The minimum absolute atomic E-state index is 0.292. The summed E-state index contributed by atoms with van der Waals surface area (Å²) in [6.45, 7) is 2.68. The molecular formula is C22H18FN5O2. The van der Waals surface area contributed by atoms with Gasteiger partial charge in [0.05, 0.1) is 31.5 Å². The predicted molar refractivity (Wildman–Crippen MR) is 108 cm³/mol. The minimum Gasteiger partial charge on any atom is -0.495 e. The van der Waals surface area contributed by atoms with Crippen LogP contribution in [0.2, 0.25) is 0 Å². The molecule has 0 amide bonds. The summed E-state index contributed by atoms with van der Waals surface area (Å²) in [6.07, 6.45) is -0.621. The van der Waals surface area contributed by atoms with Crippen LogP contribution in [0.5, 0.6) is 5.75 Å². The zero-order valence-electron chi connectivity index (χ0n) is 16.4. The van der Waals surface area contributed by atoms with Gasteiger partial charge in [0.15, 0.2) is 11.6 Å². The Hall–Kier alpha value is -3.70. The number of hydrogen-bond acceptors (Lipinski definition) is 5. The van der Waals surface area contributed by atoms with Crippen molar-refractivity contribution in [2.75, 3.05) is 13.7 Å². The fourth-order valence-corrected chi connectivity index (χ4v) is 3.87. The molecular weight excluding hydrogens is 385 g/mol. The number of H-pyrrole nitrogens is 1. The lowest BCUT2D eigenvalue weighted by molar-refractivity contribution is 0.0368. The van der Waals surface area contributed by atoms with Crippen LogP contribution in [0.25, 0.3) is 22.4 Å². The van der Waals surface area contributed by atoms with Gasteiger partial charge in [-0.3, -0.25) is 0 Å². The van der Waals surface area contributed by atoms with Gasteiger partial charge in [-0.05, 0) is 30.7 Å². The number of halogens is 1. The molecule has 150 valence electrons. The van der Waals surface area contributed by atoms with E-state index in [0.717, 1.165) is 10.9 Å². The smallest absolute Gasteiger partial charge is 0.197 e. The van der Waals surface area contributed by atoms with Crippen LogP contribution >= 0.6 is 0 Å². The van der Waals surface area contributed by atoms with E-state index in [1.165, 1.54) is 7.11 Å². The third-order valence-corrected chi connectivity index (χ3v) is 5.35. The normalized spacial score (nSPS) is 15.7. The van der Waals surface area contributed by atoms with Crippen LogP contribution < -0.4 is 4.74 Å². The van der Waals surface area contributed by atoms with E-state index in [-0.39, 0.29) is 5.82 Å². The standard InChI is InChI=1S/C22H18FN5O2/c1-12-4-3-5-14(18(12)23)20-22-26-21(27-28(22)8-9-30-20)17-10-15-16(25-17)7-6-13(11-24)19(15)29-2/h3-7,10,20,25H,8-9H2,1-2H3. The number of hydrogen-bond donors (Lipinski definition) is 1. The fourth-order valence-electron chi connectivity index (χ4n) is 3.87. The molecule has 1 atom stereocenters. The summed E-state index contributed by atoms with van der Waals surface area (Å²) in [5.41, 5.74) is 2.96. The molecule has 1 unspecified atom stereocenters. The number of methoxy groups -OCH3 is 1. The highest BCUT2D eigenvalue weighted by molar-refractivity contribution is 5.92. The second-order valence-electron chi connectivity index (χ2n) is 7.15. The summed E-state index contributed by atoms with van der Waals surface area (Å²) in [6, 6.07) is 12.8. The first-order chi connectivity index (χ1) is 14.6. The van der Waals surface area contributed by atoms with Gasteiger partial charge in [0, 0.05) is 16.5 Å². The minimum atomic E-state index is -0.621. The maximum Gasteiger partial charge on any atom is 0.197 e. The molecule has 0 bridgehead atoms. The van der Waals surface area contributed by atoms with Crippen LogP contribution in [0.3, 0.4) is 0 Å². The molecule has 0 saturated heterocycles. The van der Waals surface area contributed by atoms with Crippen molar-refractivity contribution in [2.24, 2.45) is 0 Å². The molecule has 7 nitrogen and oxygen atoms in total. The molecule has 1 N–H and O–H groups in total. The Kier molecular flexibility index (Phi) is 4.26. The van der Waals surface area contributed by atoms with Gasteiger partial charge in [-0.2, -0.15) is 5.26 Å². The van der Waals surface area contributed by atoms with E-state index in [4.69, 9.17) is 9.47 Å². The molecule has 5 rings (SSSR count). The molecule has 0 saturated carbocycles. The maximum absolute atomic E-state index is 14.7. The van der Waals surface area contributed by atoms with Crippen molar-refractivity contribution < 1.29 is 13.9 Å². The summed E-state index contributed by atoms with van der Waals surface area (Å²) in [5.74, 6) is 1.25. The Labute approximate surface area is 171 Å². The number of rotatable bonds is 3. The number of aryl methyl sites for hydroxylation is 1. The number of nitrogens with zero attached hydrogens (tertiary/aromatic N) is 4. The molecule has 2 aromatic heterocycles. The van der Waals surface area contributed by atoms with Gasteiger partial charge in [0.1, 0.15) is 23.7 Å². The molecule has 8 heteroatoms. The van der Waals surface area contributed by atoms with Crippen molar-refractivity contribution in [3.05, 3.63) is 64.7 Å². The fraction of sp³-hybridized carbons (Fsp3) is 0.227. The van der Waals surface area contributed by atoms with Gasteiger partial charge in [-0.25, -0.2) is 14.1 Å². The molecule has 1 aliphatic heterocycles. The van der Waals surface area contributed by atoms with Gasteiger partial charge < -0.3 is 14.5 Å². The highest BCUT2D eigenvalue weighted by Gasteiger charge is 2.30. The van der Waals surface area contributed by atoms with Crippen LogP contribution in [0, 0.1) is 24.1 Å². The predicted octanol–water partition coefficient (Wildman–Crippen LogP) is 3.87. The lowest BCUT2D eigenvalue weighted by atomic mass is 10.0. The van der Waals surface area contributed by atoms with Crippen LogP contribution in [0.1, 0.15) is 28.6 Å². The first-order valence-corrected chi connectivity index (χ1v) is 9.52. The molecule has 0 aliphatic carbocycles. The molecule has 0 fully saturated rings. The number of benzene rings is 2. The highest BCUT2D eigenvalue weighted by Crippen LogP contribution is 2.35. The summed E-state index contributed by atoms with van der Waals surface area (Å²) in [7, 11) is 1.54. The van der Waals surface area contributed by atoms with Gasteiger partial charge in [-0.1, -0.05) is 18.2 Å². The maximum atomic E-state index is 14.7. The van der Waals surface area contributed by atoms with E-state index in [1.807, 2.05) is 18.2 Å². The lowest BCUT2D eigenvalue weighted by Crippen LogP contribution is -2.24. The average molecular weight is 403 g/mol. The lowest BCUT2D eigenvalue weighted by Gasteiger charge is -2.23. The van der Waals surface area contributed by atoms with E-state index in [0.29, 0.717) is 52.9 Å². The van der Waals surface area contributed by atoms with Crippen molar-refractivity contribution in [3.8, 4) is 23.3 Å². The zero-order chi connectivity index (χ0) is 20.8. The number of nitrogens with one attached hydrogen (secondary N) is 1. The Morgan fingerprint density at radius 2 is 2.20 bits per heavy atom. The van der Waals surface area contributed by atoms with Crippen molar-refractivity contribution in [1.29, 1.82) is 5.26 Å². The van der Waals surface area contributed by atoms with Crippen molar-refractivity contribution >= 4 is 10.9 Å². The summed E-state index contributed by atoms with van der Waals surface area (Å²) >= 11 is 0. The van der Waals surface area contributed by atoms with Crippen molar-refractivity contribution in [3.63, 3.8) is 0 Å². The number of aromatic amines is 1. The van der Waals surface area contributed by atoms with Crippen LogP contribution in [-0.2, 0) is 11.3 Å². The van der Waals surface area contributed by atoms with Gasteiger partial charge in [0.2, 0.25) is 0 Å². The quantitative estimate of drug-likeness (QED) is 0.561. The molecule has 1 aliphatic rings. The largest absolute Gasteiger partial charge is 0.495 e. The molecule has 0 radical (unpaired) electrons. The van der Waals surface area contributed by atoms with E-state index in [9.17, 15) is 9.65 Å². The van der Waals surface area contributed by atoms with Crippen molar-refractivity contribution in [2.45, 2.75) is 19.6 Å². The van der Waals surface area contributed by atoms with Gasteiger partial charge in [0.25, 0.3) is 0 Å². The van der Waals surface area contributed by atoms with E-state index < -0.39 is 6.10 Å². The zero-order valence-corrected chi connectivity index (χ0v) is 16.4. The van der Waals surface area contributed by atoms with Crippen LogP contribution in [-0.4, -0.2) is 33.5 Å². The second-order valence-corrected chi connectivity index (χ2v) is 7.15. The van der Waals surface area contributed by atoms with E-state index in [1.54, 1.807) is 29.8 Å². The molecule has 3 heterocycles. The van der Waals surface area contributed by atoms with E-state index in [2.05, 4.69) is 21.1 Å². The molecule has 2 aromatic carbocycles.